The number of fused-ring (bicyclic) bond motifs is 1. The van der Waals surface area contributed by atoms with Crippen molar-refractivity contribution in [3.63, 3.8) is 0 Å². The molecule has 4 rings (SSSR count). The van der Waals surface area contributed by atoms with E-state index in [2.05, 4.69) is 5.10 Å². The highest BCUT2D eigenvalue weighted by Gasteiger charge is 2.15. The highest BCUT2D eigenvalue weighted by Crippen LogP contribution is 2.25. The van der Waals surface area contributed by atoms with Crippen molar-refractivity contribution in [1.29, 1.82) is 0 Å². The summed E-state index contributed by atoms with van der Waals surface area (Å²) in [6.07, 6.45) is 0. The fourth-order valence-corrected chi connectivity index (χ4v) is 2.82. The zero-order chi connectivity index (χ0) is 17.4. The van der Waals surface area contributed by atoms with Gasteiger partial charge < -0.3 is 0 Å². The Morgan fingerprint density at radius 2 is 1.48 bits per heavy atom. The number of hydrogen-bond donors (Lipinski definition) is 0. The van der Waals surface area contributed by atoms with Crippen LogP contribution in [0.25, 0.3) is 27.7 Å². The van der Waals surface area contributed by atoms with Gasteiger partial charge >= 0.3 is 0 Å². The fraction of sp³-hybridized carbons (Fsp3) is 0. The zero-order valence-corrected chi connectivity index (χ0v) is 13.0. The molecule has 5 heteroatoms. The van der Waals surface area contributed by atoms with Crippen LogP contribution in [0, 0.1) is 11.6 Å². The van der Waals surface area contributed by atoms with Crippen LogP contribution in [0.1, 0.15) is 0 Å². The van der Waals surface area contributed by atoms with Crippen molar-refractivity contribution >= 4 is 10.8 Å². The molecule has 0 N–H and O–H groups in total. The molecule has 0 atom stereocenters. The highest BCUT2D eigenvalue weighted by atomic mass is 19.1. The molecule has 0 amide bonds. The van der Waals surface area contributed by atoms with E-state index in [1.807, 2.05) is 36.4 Å². The van der Waals surface area contributed by atoms with Gasteiger partial charge in [0.25, 0.3) is 5.56 Å². The molecule has 0 unspecified atom stereocenters. The molecule has 0 radical (unpaired) electrons. The molecule has 0 fully saturated rings. The maximum Gasteiger partial charge on any atom is 0.279 e. The lowest BCUT2D eigenvalue weighted by atomic mass is 10.1. The maximum atomic E-state index is 14.2. The van der Waals surface area contributed by atoms with Gasteiger partial charge in [-0.2, -0.15) is 9.78 Å². The van der Waals surface area contributed by atoms with Crippen molar-refractivity contribution in [2.75, 3.05) is 0 Å². The lowest BCUT2D eigenvalue weighted by Crippen LogP contribution is -2.23. The molecule has 3 nitrogen and oxygen atoms in total. The molecule has 4 aromatic rings. The molecule has 1 heterocycles. The van der Waals surface area contributed by atoms with E-state index in [9.17, 15) is 13.6 Å². The van der Waals surface area contributed by atoms with Crippen LogP contribution < -0.4 is 5.56 Å². The van der Waals surface area contributed by atoms with E-state index in [-0.39, 0.29) is 5.69 Å². The average molecular weight is 334 g/mol. The Hall–Kier alpha value is -3.34. The van der Waals surface area contributed by atoms with Crippen LogP contribution in [0.2, 0.25) is 0 Å². The number of hydrogen-bond acceptors (Lipinski definition) is 2. The van der Waals surface area contributed by atoms with Crippen LogP contribution in [-0.2, 0) is 0 Å². The SMILES string of the molecule is O=c1c2ccccc2c(-c2ccccc2)nn1-c1ccc(F)cc1F. The van der Waals surface area contributed by atoms with Gasteiger partial charge in [0, 0.05) is 17.0 Å². The molecule has 0 spiro atoms. The summed E-state index contributed by atoms with van der Waals surface area (Å²) in [7, 11) is 0. The van der Waals surface area contributed by atoms with Crippen molar-refractivity contribution in [2.24, 2.45) is 0 Å². The maximum absolute atomic E-state index is 14.2. The van der Waals surface area contributed by atoms with Crippen molar-refractivity contribution in [3.8, 4) is 16.9 Å². The van der Waals surface area contributed by atoms with Crippen LogP contribution >= 0.6 is 0 Å². The first-order valence-corrected chi connectivity index (χ1v) is 7.68. The quantitative estimate of drug-likeness (QED) is 0.547. The molecule has 0 saturated heterocycles. The molecule has 0 aliphatic carbocycles. The van der Waals surface area contributed by atoms with E-state index >= 15 is 0 Å². The van der Waals surface area contributed by atoms with Gasteiger partial charge in [0.15, 0.2) is 5.82 Å². The molecule has 25 heavy (non-hydrogen) atoms. The van der Waals surface area contributed by atoms with Gasteiger partial charge in [-0.3, -0.25) is 4.79 Å². The average Bonchev–Trinajstić information content (AvgIpc) is 2.64. The molecule has 0 aliphatic heterocycles. The monoisotopic (exact) mass is 334 g/mol. The summed E-state index contributed by atoms with van der Waals surface area (Å²) >= 11 is 0. The third-order valence-corrected chi connectivity index (χ3v) is 3.99. The Morgan fingerprint density at radius 3 is 2.20 bits per heavy atom. The van der Waals surface area contributed by atoms with E-state index in [1.54, 1.807) is 18.2 Å². The molecule has 122 valence electrons. The van der Waals surface area contributed by atoms with Gasteiger partial charge in [-0.25, -0.2) is 8.78 Å². The predicted molar refractivity (Wildman–Crippen MR) is 92.7 cm³/mol. The second kappa shape index (κ2) is 5.94. The third-order valence-electron chi connectivity index (χ3n) is 3.99. The van der Waals surface area contributed by atoms with Crippen molar-refractivity contribution in [2.45, 2.75) is 0 Å². The van der Waals surface area contributed by atoms with E-state index < -0.39 is 17.2 Å². The van der Waals surface area contributed by atoms with Crippen LogP contribution in [0.4, 0.5) is 8.78 Å². The van der Waals surface area contributed by atoms with Gasteiger partial charge in [0.2, 0.25) is 0 Å². The van der Waals surface area contributed by atoms with E-state index in [0.29, 0.717) is 16.5 Å². The van der Waals surface area contributed by atoms with E-state index in [1.165, 1.54) is 6.07 Å². The molecule has 3 aromatic carbocycles. The van der Waals surface area contributed by atoms with Crippen molar-refractivity contribution in [1.82, 2.24) is 9.78 Å². The predicted octanol–water partition coefficient (Wildman–Crippen LogP) is 4.33. The zero-order valence-electron chi connectivity index (χ0n) is 13.0. The number of halogens is 2. The Bertz CT molecular complexity index is 1140. The Kier molecular flexibility index (Phi) is 3.61. The number of aromatic nitrogens is 2. The van der Waals surface area contributed by atoms with E-state index in [4.69, 9.17) is 0 Å². The molecular formula is C20H12F2N2O. The summed E-state index contributed by atoms with van der Waals surface area (Å²) in [5.74, 6) is -1.55. The molecular weight excluding hydrogens is 322 g/mol. The minimum absolute atomic E-state index is 0.0886. The summed E-state index contributed by atoms with van der Waals surface area (Å²) in [6.45, 7) is 0. The van der Waals surface area contributed by atoms with Gasteiger partial charge in [-0.15, -0.1) is 0 Å². The van der Waals surface area contributed by atoms with Gasteiger partial charge in [-0.05, 0) is 18.2 Å². The van der Waals surface area contributed by atoms with Crippen LogP contribution in [0.15, 0.2) is 77.6 Å². The number of nitrogens with zero attached hydrogens (tertiary/aromatic N) is 2. The number of rotatable bonds is 2. The smallest absolute Gasteiger partial charge is 0.267 e. The van der Waals surface area contributed by atoms with Crippen LogP contribution in [0.5, 0.6) is 0 Å². The summed E-state index contributed by atoms with van der Waals surface area (Å²) in [6, 6.07) is 19.4. The molecule has 0 bridgehead atoms. The van der Waals surface area contributed by atoms with Crippen LogP contribution in [0.3, 0.4) is 0 Å². The molecule has 0 aliphatic rings. The van der Waals surface area contributed by atoms with E-state index in [0.717, 1.165) is 22.4 Å². The first-order valence-electron chi connectivity index (χ1n) is 7.68. The van der Waals surface area contributed by atoms with Crippen LogP contribution in [-0.4, -0.2) is 9.78 Å². The summed E-state index contributed by atoms with van der Waals surface area (Å²) < 4.78 is 28.4. The lowest BCUT2D eigenvalue weighted by molar-refractivity contribution is 0.571. The highest BCUT2D eigenvalue weighted by molar-refractivity contribution is 5.93. The Morgan fingerprint density at radius 1 is 0.800 bits per heavy atom. The minimum Gasteiger partial charge on any atom is -0.267 e. The molecule has 1 aromatic heterocycles. The van der Waals surface area contributed by atoms with Gasteiger partial charge in [0.1, 0.15) is 11.5 Å². The minimum atomic E-state index is -0.844. The van der Waals surface area contributed by atoms with Crippen molar-refractivity contribution in [3.05, 3.63) is 94.8 Å². The Labute approximate surface area is 141 Å². The number of benzene rings is 3. The Balaban J connectivity index is 2.10. The standard InChI is InChI=1S/C20H12F2N2O/c21-14-10-11-18(17(22)12-14)24-20(25)16-9-5-4-8-15(16)19(23-24)13-6-2-1-3-7-13/h1-12H. The summed E-state index contributed by atoms with van der Waals surface area (Å²) in [4.78, 5) is 12.8. The second-order valence-corrected chi connectivity index (χ2v) is 5.57. The normalized spacial score (nSPS) is 11.0. The van der Waals surface area contributed by atoms with Gasteiger partial charge in [-0.1, -0.05) is 48.5 Å². The third kappa shape index (κ3) is 2.59. The first kappa shape index (κ1) is 15.2. The first-order chi connectivity index (χ1) is 12.1. The summed E-state index contributed by atoms with van der Waals surface area (Å²) in [5, 5.41) is 5.47. The van der Waals surface area contributed by atoms with Gasteiger partial charge in [0.05, 0.1) is 11.1 Å². The second-order valence-electron chi connectivity index (χ2n) is 5.57. The topological polar surface area (TPSA) is 34.9 Å². The summed E-state index contributed by atoms with van der Waals surface area (Å²) in [5.41, 5.74) is 0.810. The lowest BCUT2D eigenvalue weighted by Gasteiger charge is -2.12. The van der Waals surface area contributed by atoms with Crippen molar-refractivity contribution < 1.29 is 8.78 Å². The fourth-order valence-electron chi connectivity index (χ4n) is 2.82. The largest absolute Gasteiger partial charge is 0.279 e. The molecule has 0 saturated carbocycles.